The smallest absolute Gasteiger partial charge is 0.108 e. The Hall–Kier alpha value is -3.41. The average molecular weight is 599 g/mol. The molecule has 2 heteroatoms. The van der Waals surface area contributed by atoms with Gasteiger partial charge in [0.05, 0.1) is 15.6 Å². The summed E-state index contributed by atoms with van der Waals surface area (Å²) in [6.07, 6.45) is 1.07. The summed E-state index contributed by atoms with van der Waals surface area (Å²) in [4.78, 5) is 0. The quantitative estimate of drug-likeness (QED) is 0.131. The van der Waals surface area contributed by atoms with Gasteiger partial charge in [-0.05, 0) is 77.6 Å². The third kappa shape index (κ3) is 7.62. The number of aryl methyl sites for hydroxylation is 2. The van der Waals surface area contributed by atoms with Gasteiger partial charge in [-0.3, -0.25) is 0 Å². The molecule has 228 valence electrons. The van der Waals surface area contributed by atoms with Crippen molar-refractivity contribution in [2.24, 2.45) is 0 Å². The molecule has 5 rings (SSSR count). The van der Waals surface area contributed by atoms with E-state index in [0.29, 0.717) is 10.3 Å². The summed E-state index contributed by atoms with van der Waals surface area (Å²) < 4.78 is 0. The molecule has 0 saturated heterocycles. The summed E-state index contributed by atoms with van der Waals surface area (Å²) in [5, 5.41) is 2.40. The first kappa shape index (κ1) is 33.5. The first-order valence-electron chi connectivity index (χ1n) is 16.4. The van der Waals surface area contributed by atoms with Crippen LogP contribution in [0.15, 0.2) is 140 Å². The standard InChI is InChI=1S/C24H20B.C18H31P/c1-5-13-21(14-6-1)25(22-15-7-2-8-16-22,23-17-9-3-10-18-23)24-19-11-4-12-20-24;1-9-14-11-15(10-2)13-16(12-14)19(17(3,4)5)18(6,7)8/h1-20H;11-13H,9-10H2,1-8H3/q-1;/p+1. The molecule has 5 aromatic carbocycles. The van der Waals surface area contributed by atoms with Crippen molar-refractivity contribution >= 4 is 41.2 Å². The molecule has 0 nitrogen and oxygen atoms in total. The van der Waals surface area contributed by atoms with Crippen molar-refractivity contribution in [1.82, 2.24) is 0 Å². The van der Waals surface area contributed by atoms with Crippen molar-refractivity contribution in [3.05, 3.63) is 151 Å². The first-order chi connectivity index (χ1) is 21.0. The van der Waals surface area contributed by atoms with Gasteiger partial charge in [-0.15, -0.1) is 0 Å². The van der Waals surface area contributed by atoms with Gasteiger partial charge in [0, 0.05) is 7.92 Å². The molecule has 0 unspecified atom stereocenters. The topological polar surface area (TPSA) is 0 Å². The van der Waals surface area contributed by atoms with E-state index in [4.69, 9.17) is 0 Å². The van der Waals surface area contributed by atoms with Gasteiger partial charge in [0.1, 0.15) is 6.15 Å². The predicted octanol–water partition coefficient (Wildman–Crippen LogP) is 8.31. The van der Waals surface area contributed by atoms with E-state index in [2.05, 4.69) is 195 Å². The summed E-state index contributed by atoms with van der Waals surface area (Å²) in [6, 6.07) is 50.9. The number of hydrogen-bond acceptors (Lipinski definition) is 0. The highest BCUT2D eigenvalue weighted by Gasteiger charge is 2.43. The molecule has 0 saturated carbocycles. The van der Waals surface area contributed by atoms with Gasteiger partial charge in [0.2, 0.25) is 0 Å². The van der Waals surface area contributed by atoms with E-state index >= 15 is 0 Å². The zero-order chi connectivity index (χ0) is 31.8. The van der Waals surface area contributed by atoms with Gasteiger partial charge < -0.3 is 0 Å². The van der Waals surface area contributed by atoms with Gasteiger partial charge >= 0.3 is 0 Å². The minimum Gasteiger partial charge on any atom is -0.195 e. The third-order valence-corrected chi connectivity index (χ3v) is 12.7. The number of benzene rings is 5. The predicted molar refractivity (Wildman–Crippen MR) is 203 cm³/mol. The lowest BCUT2D eigenvalue weighted by atomic mass is 9.13. The average Bonchev–Trinajstić information content (AvgIpc) is 3.02. The fourth-order valence-corrected chi connectivity index (χ4v) is 12.1. The van der Waals surface area contributed by atoms with Crippen molar-refractivity contribution < 1.29 is 0 Å². The Kier molecular flexibility index (Phi) is 11.1. The molecular formula is C42H52BP. The first-order valence-corrected chi connectivity index (χ1v) is 17.9. The SMILES string of the molecule is CCc1cc(CC)cc([PH+](C(C)(C)C)C(C)(C)C)c1.c1ccc([B-](c2ccccc2)(c2ccccc2)c2ccccc2)cc1. The second-order valence-electron chi connectivity index (χ2n) is 14.1. The van der Waals surface area contributed by atoms with Crippen molar-refractivity contribution in [3.63, 3.8) is 0 Å². The van der Waals surface area contributed by atoms with Gasteiger partial charge in [-0.1, -0.05) is 141 Å². The van der Waals surface area contributed by atoms with Crippen LogP contribution in [0.2, 0.25) is 0 Å². The Labute approximate surface area is 269 Å². The van der Waals surface area contributed by atoms with Crippen LogP contribution < -0.4 is 27.2 Å². The molecule has 0 atom stereocenters. The molecule has 0 bridgehead atoms. The zero-order valence-electron chi connectivity index (χ0n) is 28.3. The highest BCUT2D eigenvalue weighted by molar-refractivity contribution is 7.68. The largest absolute Gasteiger partial charge is 0.195 e. The monoisotopic (exact) mass is 598 g/mol. The lowest BCUT2D eigenvalue weighted by Gasteiger charge is -2.44. The van der Waals surface area contributed by atoms with Crippen LogP contribution in [-0.2, 0) is 12.8 Å². The van der Waals surface area contributed by atoms with Crippen molar-refractivity contribution in [2.45, 2.75) is 78.5 Å². The zero-order valence-corrected chi connectivity index (χ0v) is 29.3. The Morgan fingerprint density at radius 1 is 0.432 bits per heavy atom. The Morgan fingerprint density at radius 2 is 0.705 bits per heavy atom. The van der Waals surface area contributed by atoms with Crippen molar-refractivity contribution in [3.8, 4) is 0 Å². The van der Waals surface area contributed by atoms with Crippen LogP contribution in [0.3, 0.4) is 0 Å². The molecule has 0 aliphatic heterocycles. The van der Waals surface area contributed by atoms with Crippen LogP contribution >= 0.6 is 7.92 Å². The fraction of sp³-hybridized carbons (Fsp3) is 0.286. The lowest BCUT2D eigenvalue weighted by molar-refractivity contribution is 0.714. The van der Waals surface area contributed by atoms with E-state index in [1.807, 2.05) is 0 Å². The maximum Gasteiger partial charge on any atom is 0.108 e. The summed E-state index contributed by atoms with van der Waals surface area (Å²) in [6.45, 7) is 19.0. The molecule has 0 spiro atoms. The molecule has 0 heterocycles. The second kappa shape index (κ2) is 14.6. The van der Waals surface area contributed by atoms with Crippen LogP contribution in [0.4, 0.5) is 0 Å². The van der Waals surface area contributed by atoms with Crippen LogP contribution in [0.1, 0.15) is 66.5 Å². The van der Waals surface area contributed by atoms with E-state index < -0.39 is 14.1 Å². The Balaban J connectivity index is 0.000000210. The van der Waals surface area contributed by atoms with E-state index in [-0.39, 0.29) is 0 Å². The molecule has 44 heavy (non-hydrogen) atoms. The van der Waals surface area contributed by atoms with E-state index in [1.165, 1.54) is 33.0 Å². The number of hydrogen-bond donors (Lipinski definition) is 0. The molecule has 0 fully saturated rings. The van der Waals surface area contributed by atoms with Crippen LogP contribution in [0.5, 0.6) is 0 Å². The molecule has 0 radical (unpaired) electrons. The summed E-state index contributed by atoms with van der Waals surface area (Å²) in [5.74, 6) is 0. The van der Waals surface area contributed by atoms with Crippen LogP contribution in [0.25, 0.3) is 0 Å². The van der Waals surface area contributed by atoms with Crippen molar-refractivity contribution in [1.29, 1.82) is 0 Å². The highest BCUT2D eigenvalue weighted by Crippen LogP contribution is 2.58. The Bertz CT molecular complexity index is 1360. The number of rotatable bonds is 7. The Morgan fingerprint density at radius 3 is 0.932 bits per heavy atom. The van der Waals surface area contributed by atoms with E-state index in [1.54, 1.807) is 5.30 Å². The minimum atomic E-state index is -1.22. The minimum absolute atomic E-state index is 0.389. The molecule has 0 aliphatic carbocycles. The molecular weight excluding hydrogens is 546 g/mol. The van der Waals surface area contributed by atoms with Crippen LogP contribution in [-0.4, -0.2) is 16.5 Å². The van der Waals surface area contributed by atoms with Crippen molar-refractivity contribution in [2.75, 3.05) is 0 Å². The van der Waals surface area contributed by atoms with E-state index in [0.717, 1.165) is 12.8 Å². The van der Waals surface area contributed by atoms with Gasteiger partial charge in [-0.25, -0.2) is 0 Å². The van der Waals surface area contributed by atoms with Crippen LogP contribution in [0, 0.1) is 0 Å². The second-order valence-corrected chi connectivity index (χ2v) is 18.5. The molecule has 5 aromatic rings. The normalized spacial score (nSPS) is 12.0. The summed E-state index contributed by atoms with van der Waals surface area (Å²) >= 11 is 0. The summed E-state index contributed by atoms with van der Waals surface area (Å²) in [5.41, 5.74) is 8.37. The molecule has 0 aliphatic rings. The van der Waals surface area contributed by atoms with E-state index in [9.17, 15) is 0 Å². The van der Waals surface area contributed by atoms with Gasteiger partial charge in [0.15, 0.2) is 0 Å². The van der Waals surface area contributed by atoms with Gasteiger partial charge in [-0.2, -0.15) is 21.9 Å². The lowest BCUT2D eigenvalue weighted by Crippen LogP contribution is -2.74. The third-order valence-electron chi connectivity index (χ3n) is 8.86. The molecule has 0 amide bonds. The molecule has 0 aromatic heterocycles. The summed E-state index contributed by atoms with van der Waals surface area (Å²) in [7, 11) is -0.617. The molecule has 0 N–H and O–H groups in total. The van der Waals surface area contributed by atoms with Gasteiger partial charge in [0.25, 0.3) is 0 Å². The highest BCUT2D eigenvalue weighted by atomic mass is 31.1. The maximum absolute atomic E-state index is 2.48. The fourth-order valence-electron chi connectivity index (χ4n) is 7.43. The maximum atomic E-state index is 2.48.